The van der Waals surface area contributed by atoms with Gasteiger partial charge in [-0.15, -0.1) is 0 Å². The van der Waals surface area contributed by atoms with E-state index in [1.807, 2.05) is 0 Å². The van der Waals surface area contributed by atoms with Crippen molar-refractivity contribution in [3.63, 3.8) is 0 Å². The van der Waals surface area contributed by atoms with Crippen LogP contribution in [0.25, 0.3) is 0 Å². The molecule has 1 amide bonds. The number of halogens is 1. The minimum atomic E-state index is -0.543. The van der Waals surface area contributed by atoms with E-state index in [9.17, 15) is 14.9 Å². The van der Waals surface area contributed by atoms with Gasteiger partial charge in [-0.1, -0.05) is 11.6 Å². The zero-order valence-corrected chi connectivity index (χ0v) is 10.5. The van der Waals surface area contributed by atoms with Crippen molar-refractivity contribution in [3.05, 3.63) is 38.9 Å². The van der Waals surface area contributed by atoms with Crippen molar-refractivity contribution < 1.29 is 9.72 Å². The van der Waals surface area contributed by atoms with Gasteiger partial charge >= 0.3 is 0 Å². The van der Waals surface area contributed by atoms with Crippen LogP contribution in [0.4, 0.5) is 5.69 Å². The van der Waals surface area contributed by atoms with Gasteiger partial charge in [0.25, 0.3) is 11.6 Å². The second-order valence-electron chi connectivity index (χ2n) is 4.31. The van der Waals surface area contributed by atoms with Crippen LogP contribution in [-0.4, -0.2) is 28.8 Å². The first kappa shape index (κ1) is 12.8. The van der Waals surface area contributed by atoms with E-state index in [0.29, 0.717) is 13.1 Å². The number of carbonyl (C=O) groups is 1. The molecule has 1 saturated heterocycles. The Labute approximate surface area is 109 Å². The van der Waals surface area contributed by atoms with Gasteiger partial charge < -0.3 is 4.90 Å². The van der Waals surface area contributed by atoms with Crippen LogP contribution in [0, 0.1) is 10.1 Å². The van der Waals surface area contributed by atoms with Crippen LogP contribution in [0.2, 0.25) is 5.02 Å². The fourth-order valence-electron chi connectivity index (χ4n) is 2.08. The van der Waals surface area contributed by atoms with Gasteiger partial charge in [-0.25, -0.2) is 0 Å². The van der Waals surface area contributed by atoms with Crippen LogP contribution in [0.15, 0.2) is 18.2 Å². The molecule has 0 aliphatic carbocycles. The molecular formula is C12H13ClN2O3. The van der Waals surface area contributed by atoms with E-state index >= 15 is 0 Å². The lowest BCUT2D eigenvalue weighted by Gasteiger charge is -2.26. The molecule has 1 heterocycles. The highest BCUT2D eigenvalue weighted by molar-refractivity contribution is 6.31. The lowest BCUT2D eigenvalue weighted by atomic mass is 10.1. The van der Waals surface area contributed by atoms with E-state index < -0.39 is 4.92 Å². The number of carbonyl (C=O) groups excluding carboxylic acids is 1. The van der Waals surface area contributed by atoms with E-state index in [1.165, 1.54) is 18.2 Å². The van der Waals surface area contributed by atoms with Crippen LogP contribution in [0.1, 0.15) is 29.6 Å². The summed E-state index contributed by atoms with van der Waals surface area (Å²) >= 11 is 5.80. The van der Waals surface area contributed by atoms with E-state index in [0.717, 1.165) is 19.3 Å². The van der Waals surface area contributed by atoms with Crippen molar-refractivity contribution in [3.8, 4) is 0 Å². The van der Waals surface area contributed by atoms with Gasteiger partial charge in [0.05, 0.1) is 4.92 Å². The zero-order chi connectivity index (χ0) is 13.1. The largest absolute Gasteiger partial charge is 0.339 e. The fourth-order valence-corrected chi connectivity index (χ4v) is 2.31. The van der Waals surface area contributed by atoms with Crippen LogP contribution in [-0.2, 0) is 0 Å². The molecule has 1 aliphatic rings. The highest BCUT2D eigenvalue weighted by Crippen LogP contribution is 2.23. The lowest BCUT2D eigenvalue weighted by Crippen LogP contribution is -2.35. The van der Waals surface area contributed by atoms with Gasteiger partial charge in [-0.05, 0) is 25.3 Å². The monoisotopic (exact) mass is 268 g/mol. The maximum atomic E-state index is 12.2. The third kappa shape index (κ3) is 2.79. The SMILES string of the molecule is O=C(c1cc(Cl)cc([N+](=O)[O-])c1)N1CCCCC1. The van der Waals surface area contributed by atoms with Crippen molar-refractivity contribution in [2.45, 2.75) is 19.3 Å². The number of piperidine rings is 1. The van der Waals surface area contributed by atoms with Crippen LogP contribution in [0.3, 0.4) is 0 Å². The predicted molar refractivity (Wildman–Crippen MR) is 67.9 cm³/mol. The fraction of sp³-hybridized carbons (Fsp3) is 0.417. The maximum absolute atomic E-state index is 12.2. The summed E-state index contributed by atoms with van der Waals surface area (Å²) in [5.74, 6) is -0.180. The molecule has 2 rings (SSSR count). The second kappa shape index (κ2) is 5.35. The summed E-state index contributed by atoms with van der Waals surface area (Å²) in [6.45, 7) is 1.41. The Morgan fingerprint density at radius 3 is 2.50 bits per heavy atom. The van der Waals surface area contributed by atoms with E-state index in [4.69, 9.17) is 11.6 Å². The Morgan fingerprint density at radius 2 is 1.89 bits per heavy atom. The molecule has 96 valence electrons. The minimum absolute atomic E-state index is 0.150. The highest BCUT2D eigenvalue weighted by atomic mass is 35.5. The van der Waals surface area contributed by atoms with Crippen LogP contribution >= 0.6 is 11.6 Å². The maximum Gasteiger partial charge on any atom is 0.271 e. The van der Waals surface area contributed by atoms with E-state index in [2.05, 4.69) is 0 Å². The van der Waals surface area contributed by atoms with Crippen molar-refractivity contribution in [1.29, 1.82) is 0 Å². The molecule has 1 aliphatic heterocycles. The number of hydrogen-bond acceptors (Lipinski definition) is 3. The molecule has 0 atom stereocenters. The molecule has 5 nitrogen and oxygen atoms in total. The van der Waals surface area contributed by atoms with Crippen LogP contribution < -0.4 is 0 Å². The number of non-ortho nitro benzene ring substituents is 1. The van der Waals surface area contributed by atoms with E-state index in [1.54, 1.807) is 4.90 Å². The summed E-state index contributed by atoms with van der Waals surface area (Å²) in [5, 5.41) is 10.9. The summed E-state index contributed by atoms with van der Waals surface area (Å²) in [5.41, 5.74) is 0.138. The van der Waals surface area contributed by atoms with Gasteiger partial charge in [0, 0.05) is 35.8 Å². The third-order valence-corrected chi connectivity index (χ3v) is 3.20. The van der Waals surface area contributed by atoms with Crippen molar-refractivity contribution in [2.24, 2.45) is 0 Å². The first-order valence-corrected chi connectivity index (χ1v) is 6.20. The number of nitro benzene ring substituents is 1. The van der Waals surface area contributed by atoms with Crippen molar-refractivity contribution in [1.82, 2.24) is 4.90 Å². The molecular weight excluding hydrogens is 256 g/mol. The minimum Gasteiger partial charge on any atom is -0.339 e. The van der Waals surface area contributed by atoms with E-state index in [-0.39, 0.29) is 22.2 Å². The molecule has 0 N–H and O–H groups in total. The zero-order valence-electron chi connectivity index (χ0n) is 9.76. The molecule has 1 fully saturated rings. The highest BCUT2D eigenvalue weighted by Gasteiger charge is 2.20. The number of amides is 1. The number of likely N-dealkylation sites (tertiary alicyclic amines) is 1. The predicted octanol–water partition coefficient (Wildman–Crippen LogP) is 2.87. The molecule has 0 aromatic heterocycles. The molecule has 0 saturated carbocycles. The quantitative estimate of drug-likeness (QED) is 0.612. The number of hydrogen-bond donors (Lipinski definition) is 0. The van der Waals surface area contributed by atoms with Gasteiger partial charge in [-0.3, -0.25) is 14.9 Å². The number of benzene rings is 1. The second-order valence-corrected chi connectivity index (χ2v) is 4.74. The van der Waals surface area contributed by atoms with Crippen LogP contribution in [0.5, 0.6) is 0 Å². The first-order valence-electron chi connectivity index (χ1n) is 5.82. The number of nitrogens with zero attached hydrogens (tertiary/aromatic N) is 2. The molecule has 0 radical (unpaired) electrons. The topological polar surface area (TPSA) is 63.4 Å². The Kier molecular flexibility index (Phi) is 3.81. The Balaban J connectivity index is 2.26. The average molecular weight is 269 g/mol. The summed E-state index contributed by atoms with van der Waals surface area (Å²) in [6.07, 6.45) is 3.09. The third-order valence-electron chi connectivity index (χ3n) is 2.98. The Morgan fingerprint density at radius 1 is 1.22 bits per heavy atom. The summed E-state index contributed by atoms with van der Waals surface area (Å²) in [7, 11) is 0. The summed E-state index contributed by atoms with van der Waals surface area (Å²) < 4.78 is 0. The molecule has 1 aromatic rings. The van der Waals surface area contributed by atoms with Gasteiger partial charge in [0.15, 0.2) is 0 Å². The smallest absolute Gasteiger partial charge is 0.271 e. The number of rotatable bonds is 2. The summed E-state index contributed by atoms with van der Waals surface area (Å²) in [6, 6.07) is 4.00. The molecule has 0 unspecified atom stereocenters. The Bertz CT molecular complexity index is 484. The normalized spacial score (nSPS) is 15.5. The van der Waals surface area contributed by atoms with Crippen molar-refractivity contribution in [2.75, 3.05) is 13.1 Å². The first-order chi connectivity index (χ1) is 8.58. The van der Waals surface area contributed by atoms with Gasteiger partial charge in [0.1, 0.15) is 0 Å². The molecule has 0 spiro atoms. The molecule has 0 bridgehead atoms. The standard InChI is InChI=1S/C12H13ClN2O3/c13-10-6-9(7-11(8-10)15(17)18)12(16)14-4-2-1-3-5-14/h6-8H,1-5H2. The molecule has 18 heavy (non-hydrogen) atoms. The average Bonchev–Trinajstić information content (AvgIpc) is 2.38. The number of nitro groups is 1. The lowest BCUT2D eigenvalue weighted by molar-refractivity contribution is -0.384. The molecule has 1 aromatic carbocycles. The van der Waals surface area contributed by atoms with Crippen molar-refractivity contribution >= 4 is 23.2 Å². The van der Waals surface area contributed by atoms with Gasteiger partial charge in [0.2, 0.25) is 0 Å². The Hall–Kier alpha value is -1.62. The molecule has 6 heteroatoms. The van der Waals surface area contributed by atoms with Gasteiger partial charge in [-0.2, -0.15) is 0 Å². The summed E-state index contributed by atoms with van der Waals surface area (Å²) in [4.78, 5) is 24.1.